The van der Waals surface area contributed by atoms with Crippen LogP contribution < -0.4 is 10.6 Å². The van der Waals surface area contributed by atoms with Crippen molar-refractivity contribution in [2.45, 2.75) is 47.1 Å². The fourth-order valence-corrected chi connectivity index (χ4v) is 2.72. The summed E-state index contributed by atoms with van der Waals surface area (Å²) in [5, 5.41) is 4.21. The molecule has 23 heavy (non-hydrogen) atoms. The van der Waals surface area contributed by atoms with Gasteiger partial charge in [-0.15, -0.1) is 0 Å². The minimum Gasteiger partial charge on any atom is -0.372 e. The largest absolute Gasteiger partial charge is 0.372 e. The Morgan fingerprint density at radius 1 is 1.09 bits per heavy atom. The normalized spacial score (nSPS) is 11.2. The molecule has 0 N–H and O–H groups in total. The third-order valence-electron chi connectivity index (χ3n) is 3.75. The van der Waals surface area contributed by atoms with Gasteiger partial charge in [0.25, 0.3) is 0 Å². The molecular formula is C18H28N4O. The summed E-state index contributed by atoms with van der Waals surface area (Å²) in [5.41, 5.74) is 1.99. The molecule has 0 amide bonds. The van der Waals surface area contributed by atoms with Crippen LogP contribution in [0, 0.1) is 5.92 Å². The number of hydrogen-bond donors (Lipinski definition) is 0. The standard InChI is InChI=1S/C18H28N4O/c1-5-11-20(12-6-2)16-7-9-17(10-8-16)21-14-19-22(18(21)23)13-15(3)4/h7-10,14-15H,5-6,11-13H2,1-4H3. The Morgan fingerprint density at radius 3 is 2.22 bits per heavy atom. The van der Waals surface area contributed by atoms with Crippen molar-refractivity contribution in [2.75, 3.05) is 18.0 Å². The molecule has 0 aliphatic heterocycles. The molecule has 0 bridgehead atoms. The van der Waals surface area contributed by atoms with Crippen LogP contribution in [0.25, 0.3) is 5.69 Å². The van der Waals surface area contributed by atoms with Crippen LogP contribution in [-0.2, 0) is 6.54 Å². The van der Waals surface area contributed by atoms with Crippen LogP contribution in [0.3, 0.4) is 0 Å². The second-order valence-corrected chi connectivity index (χ2v) is 6.36. The second-order valence-electron chi connectivity index (χ2n) is 6.36. The second kappa shape index (κ2) is 7.99. The van der Waals surface area contributed by atoms with Gasteiger partial charge in [0.05, 0.1) is 5.69 Å². The zero-order valence-electron chi connectivity index (χ0n) is 14.7. The van der Waals surface area contributed by atoms with Gasteiger partial charge in [0.2, 0.25) is 0 Å². The van der Waals surface area contributed by atoms with Crippen LogP contribution in [0.4, 0.5) is 5.69 Å². The van der Waals surface area contributed by atoms with Gasteiger partial charge in [0.1, 0.15) is 6.33 Å². The molecule has 126 valence electrons. The minimum atomic E-state index is -0.0783. The molecule has 0 unspecified atom stereocenters. The molecular weight excluding hydrogens is 288 g/mol. The van der Waals surface area contributed by atoms with Crippen LogP contribution in [0.15, 0.2) is 35.4 Å². The molecule has 0 aliphatic carbocycles. The van der Waals surface area contributed by atoms with E-state index in [2.05, 4.69) is 49.8 Å². The SMILES string of the molecule is CCCN(CCC)c1ccc(-n2cnn(CC(C)C)c2=O)cc1. The van der Waals surface area contributed by atoms with E-state index in [0.717, 1.165) is 31.6 Å². The summed E-state index contributed by atoms with van der Waals surface area (Å²) in [6.45, 7) is 11.3. The molecule has 0 fully saturated rings. The van der Waals surface area contributed by atoms with E-state index in [1.807, 2.05) is 12.1 Å². The number of benzene rings is 1. The molecule has 5 nitrogen and oxygen atoms in total. The topological polar surface area (TPSA) is 43.1 Å². The highest BCUT2D eigenvalue weighted by molar-refractivity contribution is 5.50. The van der Waals surface area contributed by atoms with E-state index in [1.165, 1.54) is 10.4 Å². The first-order chi connectivity index (χ1) is 11.1. The number of rotatable bonds is 8. The molecule has 2 aromatic rings. The summed E-state index contributed by atoms with van der Waals surface area (Å²) in [7, 11) is 0. The fraction of sp³-hybridized carbons (Fsp3) is 0.556. The van der Waals surface area contributed by atoms with Crippen molar-refractivity contribution in [3.05, 3.63) is 41.1 Å². The van der Waals surface area contributed by atoms with E-state index < -0.39 is 0 Å². The maximum absolute atomic E-state index is 12.4. The first-order valence-corrected chi connectivity index (χ1v) is 8.56. The Morgan fingerprint density at radius 2 is 1.70 bits per heavy atom. The lowest BCUT2D eigenvalue weighted by molar-refractivity contribution is 0.469. The van der Waals surface area contributed by atoms with Crippen molar-refractivity contribution >= 4 is 5.69 Å². The van der Waals surface area contributed by atoms with Crippen molar-refractivity contribution in [3.8, 4) is 5.69 Å². The third kappa shape index (κ3) is 4.24. The van der Waals surface area contributed by atoms with Gasteiger partial charge in [-0.1, -0.05) is 27.7 Å². The fourth-order valence-electron chi connectivity index (χ4n) is 2.72. The van der Waals surface area contributed by atoms with Gasteiger partial charge in [-0.3, -0.25) is 0 Å². The smallest absolute Gasteiger partial charge is 0.350 e. The lowest BCUT2D eigenvalue weighted by Gasteiger charge is -2.23. The third-order valence-corrected chi connectivity index (χ3v) is 3.75. The van der Waals surface area contributed by atoms with Gasteiger partial charge in [-0.05, 0) is 43.0 Å². The zero-order chi connectivity index (χ0) is 16.8. The van der Waals surface area contributed by atoms with Gasteiger partial charge >= 0.3 is 5.69 Å². The Balaban J connectivity index is 2.22. The van der Waals surface area contributed by atoms with Crippen LogP contribution in [0.5, 0.6) is 0 Å². The maximum atomic E-state index is 12.4. The quantitative estimate of drug-likeness (QED) is 0.750. The Kier molecular flexibility index (Phi) is 6.02. The van der Waals surface area contributed by atoms with Gasteiger partial charge in [0.15, 0.2) is 0 Å². The van der Waals surface area contributed by atoms with E-state index in [4.69, 9.17) is 0 Å². The number of aromatic nitrogens is 3. The van der Waals surface area contributed by atoms with Gasteiger partial charge in [-0.25, -0.2) is 14.0 Å². The Labute approximate surface area is 138 Å². The molecule has 5 heteroatoms. The van der Waals surface area contributed by atoms with Crippen molar-refractivity contribution in [1.82, 2.24) is 14.3 Å². The van der Waals surface area contributed by atoms with Crippen molar-refractivity contribution in [3.63, 3.8) is 0 Å². The highest BCUT2D eigenvalue weighted by Crippen LogP contribution is 2.17. The van der Waals surface area contributed by atoms with Gasteiger partial charge in [0, 0.05) is 25.3 Å². The molecule has 0 saturated heterocycles. The Bertz CT molecular complexity index is 648. The molecule has 0 spiro atoms. The summed E-state index contributed by atoms with van der Waals surface area (Å²) in [6.07, 6.45) is 3.86. The molecule has 2 rings (SSSR count). The minimum absolute atomic E-state index is 0.0783. The van der Waals surface area contributed by atoms with Crippen molar-refractivity contribution in [1.29, 1.82) is 0 Å². The van der Waals surface area contributed by atoms with Crippen LogP contribution >= 0.6 is 0 Å². The van der Waals surface area contributed by atoms with Gasteiger partial charge in [-0.2, -0.15) is 5.10 Å². The van der Waals surface area contributed by atoms with Crippen LogP contribution in [0.1, 0.15) is 40.5 Å². The molecule has 0 radical (unpaired) electrons. The Hall–Kier alpha value is -2.04. The van der Waals surface area contributed by atoms with Crippen LogP contribution in [-0.4, -0.2) is 27.4 Å². The highest BCUT2D eigenvalue weighted by atomic mass is 16.2. The first-order valence-electron chi connectivity index (χ1n) is 8.56. The highest BCUT2D eigenvalue weighted by Gasteiger charge is 2.09. The molecule has 0 aliphatic rings. The molecule has 0 saturated carbocycles. The molecule has 1 heterocycles. The first kappa shape index (κ1) is 17.3. The summed E-state index contributed by atoms with van der Waals surface area (Å²) in [6, 6.07) is 8.17. The predicted octanol–water partition coefficient (Wildman–Crippen LogP) is 3.32. The number of nitrogens with zero attached hydrogens (tertiary/aromatic N) is 4. The average molecular weight is 316 g/mol. The lowest BCUT2D eigenvalue weighted by Crippen LogP contribution is -2.26. The average Bonchev–Trinajstić information content (AvgIpc) is 2.88. The van der Waals surface area contributed by atoms with Crippen molar-refractivity contribution < 1.29 is 0 Å². The van der Waals surface area contributed by atoms with E-state index in [-0.39, 0.29) is 5.69 Å². The van der Waals surface area contributed by atoms with E-state index >= 15 is 0 Å². The number of hydrogen-bond acceptors (Lipinski definition) is 3. The summed E-state index contributed by atoms with van der Waals surface area (Å²) >= 11 is 0. The molecule has 0 atom stereocenters. The van der Waals surface area contributed by atoms with E-state index in [9.17, 15) is 4.79 Å². The van der Waals surface area contributed by atoms with Crippen LogP contribution in [0.2, 0.25) is 0 Å². The van der Waals surface area contributed by atoms with E-state index in [1.54, 1.807) is 10.9 Å². The maximum Gasteiger partial charge on any atom is 0.350 e. The monoisotopic (exact) mass is 316 g/mol. The predicted molar refractivity (Wildman–Crippen MR) is 95.5 cm³/mol. The van der Waals surface area contributed by atoms with Crippen molar-refractivity contribution in [2.24, 2.45) is 5.92 Å². The molecule has 1 aromatic heterocycles. The summed E-state index contributed by atoms with van der Waals surface area (Å²) in [5.74, 6) is 0.398. The zero-order valence-corrected chi connectivity index (χ0v) is 14.7. The molecule has 1 aromatic carbocycles. The summed E-state index contributed by atoms with van der Waals surface area (Å²) < 4.78 is 3.13. The number of anilines is 1. The summed E-state index contributed by atoms with van der Waals surface area (Å²) in [4.78, 5) is 14.8. The van der Waals surface area contributed by atoms with E-state index in [0.29, 0.717) is 12.5 Å². The lowest BCUT2D eigenvalue weighted by atomic mass is 10.2. The van der Waals surface area contributed by atoms with Gasteiger partial charge < -0.3 is 4.90 Å².